The van der Waals surface area contributed by atoms with Gasteiger partial charge >= 0.3 is 0 Å². The van der Waals surface area contributed by atoms with E-state index in [4.69, 9.17) is 16.3 Å². The van der Waals surface area contributed by atoms with Crippen LogP contribution in [0, 0.1) is 0 Å². The molecule has 0 aliphatic rings. The van der Waals surface area contributed by atoms with Gasteiger partial charge in [-0.1, -0.05) is 11.6 Å². The zero-order valence-corrected chi connectivity index (χ0v) is 11.3. The van der Waals surface area contributed by atoms with Crippen LogP contribution in [0.2, 0.25) is 5.15 Å². The average molecular weight is 288 g/mol. The molecule has 3 rings (SSSR count). The molecule has 0 saturated carbocycles. The highest BCUT2D eigenvalue weighted by Gasteiger charge is 2.16. The van der Waals surface area contributed by atoms with Gasteiger partial charge in [0, 0.05) is 18.0 Å². The minimum absolute atomic E-state index is 0.252. The minimum atomic E-state index is 0.252. The molecule has 0 bridgehead atoms. The van der Waals surface area contributed by atoms with Crippen molar-refractivity contribution in [2.45, 2.75) is 0 Å². The average Bonchev–Trinajstić information content (AvgIpc) is 2.87. The van der Waals surface area contributed by atoms with Crippen molar-refractivity contribution >= 4 is 23.4 Å². The highest BCUT2D eigenvalue weighted by molar-refractivity contribution is 6.33. The number of aromatic nitrogens is 3. The van der Waals surface area contributed by atoms with E-state index in [1.165, 1.54) is 6.20 Å². The van der Waals surface area contributed by atoms with Gasteiger partial charge in [-0.3, -0.25) is 4.79 Å². The highest BCUT2D eigenvalue weighted by atomic mass is 35.5. The molecule has 0 N–H and O–H groups in total. The molecule has 20 heavy (non-hydrogen) atoms. The van der Waals surface area contributed by atoms with Crippen molar-refractivity contribution in [3.63, 3.8) is 0 Å². The Morgan fingerprint density at radius 2 is 2.05 bits per heavy atom. The number of methoxy groups -OCH3 is 1. The van der Waals surface area contributed by atoms with Gasteiger partial charge < -0.3 is 4.74 Å². The summed E-state index contributed by atoms with van der Waals surface area (Å²) < 4.78 is 6.67. The number of nitrogens with zero attached hydrogens (tertiary/aromatic N) is 3. The third kappa shape index (κ3) is 1.92. The Bertz CT molecular complexity index is 781. The third-order valence-electron chi connectivity index (χ3n) is 3.02. The first-order valence-corrected chi connectivity index (χ1v) is 6.25. The molecule has 6 heteroatoms. The van der Waals surface area contributed by atoms with Crippen molar-refractivity contribution < 1.29 is 9.53 Å². The van der Waals surface area contributed by atoms with Crippen LogP contribution in [0.25, 0.3) is 16.8 Å². The van der Waals surface area contributed by atoms with Gasteiger partial charge in [0.25, 0.3) is 0 Å². The third-order valence-corrected chi connectivity index (χ3v) is 3.30. The first kappa shape index (κ1) is 12.6. The zero-order valence-electron chi connectivity index (χ0n) is 10.6. The predicted molar refractivity (Wildman–Crippen MR) is 75.4 cm³/mol. The molecule has 1 aromatic carbocycles. The number of halogens is 1. The Labute approximate surface area is 119 Å². The van der Waals surface area contributed by atoms with Gasteiger partial charge in [-0.15, -0.1) is 0 Å². The lowest BCUT2D eigenvalue weighted by Crippen LogP contribution is -1.89. The van der Waals surface area contributed by atoms with Crippen LogP contribution < -0.4 is 4.74 Å². The maximum absolute atomic E-state index is 11.4. The molecule has 0 aliphatic carbocycles. The van der Waals surface area contributed by atoms with Crippen LogP contribution in [0.15, 0.2) is 36.7 Å². The first-order valence-electron chi connectivity index (χ1n) is 5.87. The van der Waals surface area contributed by atoms with E-state index in [0.717, 1.165) is 17.6 Å². The second kappa shape index (κ2) is 4.94. The monoisotopic (exact) mass is 287 g/mol. The number of ether oxygens (including phenoxy) is 1. The van der Waals surface area contributed by atoms with Crippen molar-refractivity contribution in [2.75, 3.05) is 7.11 Å². The lowest BCUT2D eigenvalue weighted by Gasteiger charge is -2.01. The Morgan fingerprint density at radius 1 is 1.30 bits per heavy atom. The Hall–Kier alpha value is -2.40. The second-order valence-electron chi connectivity index (χ2n) is 4.12. The maximum Gasteiger partial charge on any atom is 0.155 e. The van der Waals surface area contributed by atoms with Crippen molar-refractivity contribution in [1.29, 1.82) is 0 Å². The number of rotatable bonds is 3. The number of carbonyl (C=O) groups excluding carboxylic acids is 1. The van der Waals surface area contributed by atoms with E-state index in [1.807, 2.05) is 24.3 Å². The van der Waals surface area contributed by atoms with Crippen molar-refractivity contribution in [3.05, 3.63) is 47.4 Å². The summed E-state index contributed by atoms with van der Waals surface area (Å²) in [6, 6.07) is 7.31. The highest BCUT2D eigenvalue weighted by Crippen LogP contribution is 2.28. The molecular weight excluding hydrogens is 278 g/mol. The fraction of sp³-hybridized carbons (Fsp3) is 0.0714. The molecule has 0 aliphatic heterocycles. The molecule has 0 spiro atoms. The van der Waals surface area contributed by atoms with Crippen molar-refractivity contribution in [2.24, 2.45) is 0 Å². The minimum Gasteiger partial charge on any atom is -0.497 e. The fourth-order valence-corrected chi connectivity index (χ4v) is 2.30. The fourth-order valence-electron chi connectivity index (χ4n) is 2.06. The number of hydrogen-bond acceptors (Lipinski definition) is 4. The number of hydrogen-bond donors (Lipinski definition) is 0. The molecule has 100 valence electrons. The van der Waals surface area contributed by atoms with Crippen LogP contribution in [-0.4, -0.2) is 28.0 Å². The van der Waals surface area contributed by atoms with Gasteiger partial charge in [0.05, 0.1) is 12.7 Å². The summed E-state index contributed by atoms with van der Waals surface area (Å²) in [7, 11) is 1.60. The van der Waals surface area contributed by atoms with Crippen LogP contribution in [0.5, 0.6) is 5.75 Å². The standard InChI is InChI=1S/C14H10ClN3O2/c1-20-10-4-2-9(3-5-10)12-11(8-19)13-14(15)16-6-7-18(13)17-12/h2-8H,1H3. The predicted octanol–water partition coefficient (Wildman–Crippen LogP) is 2.87. The van der Waals surface area contributed by atoms with Crippen LogP contribution in [0.3, 0.4) is 0 Å². The summed E-state index contributed by atoms with van der Waals surface area (Å²) in [5.74, 6) is 0.741. The van der Waals surface area contributed by atoms with Crippen LogP contribution in [-0.2, 0) is 0 Å². The molecule has 2 heterocycles. The van der Waals surface area contributed by atoms with Gasteiger partial charge in [0.2, 0.25) is 0 Å². The van der Waals surface area contributed by atoms with E-state index < -0.39 is 0 Å². The molecule has 0 radical (unpaired) electrons. The molecule has 3 aromatic rings. The molecular formula is C14H10ClN3O2. The molecule has 0 amide bonds. The topological polar surface area (TPSA) is 56.5 Å². The van der Waals surface area contributed by atoms with E-state index >= 15 is 0 Å². The van der Waals surface area contributed by atoms with E-state index in [1.54, 1.807) is 17.8 Å². The normalized spacial score (nSPS) is 10.7. The van der Waals surface area contributed by atoms with Gasteiger partial charge in [-0.05, 0) is 24.3 Å². The van der Waals surface area contributed by atoms with Gasteiger partial charge in [0.1, 0.15) is 17.0 Å². The Balaban J connectivity index is 2.24. The van der Waals surface area contributed by atoms with E-state index in [-0.39, 0.29) is 5.15 Å². The van der Waals surface area contributed by atoms with Crippen molar-refractivity contribution in [3.8, 4) is 17.0 Å². The van der Waals surface area contributed by atoms with Gasteiger partial charge in [-0.2, -0.15) is 5.10 Å². The number of benzene rings is 1. The molecule has 0 saturated heterocycles. The maximum atomic E-state index is 11.4. The number of fused-ring (bicyclic) bond motifs is 1. The Morgan fingerprint density at radius 3 is 2.70 bits per heavy atom. The quantitative estimate of drug-likeness (QED) is 0.695. The van der Waals surface area contributed by atoms with Crippen LogP contribution in [0.4, 0.5) is 0 Å². The molecule has 5 nitrogen and oxygen atoms in total. The summed E-state index contributed by atoms with van der Waals surface area (Å²) >= 11 is 6.04. The molecule has 2 aromatic heterocycles. The van der Waals surface area contributed by atoms with E-state index in [2.05, 4.69) is 10.1 Å². The van der Waals surface area contributed by atoms with Crippen LogP contribution in [0.1, 0.15) is 10.4 Å². The first-order chi connectivity index (χ1) is 9.74. The summed E-state index contributed by atoms with van der Waals surface area (Å²) in [4.78, 5) is 15.4. The number of aldehydes is 1. The zero-order chi connectivity index (χ0) is 14.1. The largest absolute Gasteiger partial charge is 0.497 e. The molecule has 0 unspecified atom stereocenters. The summed E-state index contributed by atoms with van der Waals surface area (Å²) in [5.41, 5.74) is 2.31. The van der Waals surface area contributed by atoms with Crippen molar-refractivity contribution in [1.82, 2.24) is 14.6 Å². The number of carbonyl (C=O) groups is 1. The summed E-state index contributed by atoms with van der Waals surface area (Å²) in [5, 5.41) is 4.64. The van der Waals surface area contributed by atoms with Crippen LogP contribution >= 0.6 is 11.6 Å². The Kier molecular flexibility index (Phi) is 3.12. The molecule has 0 fully saturated rings. The lowest BCUT2D eigenvalue weighted by atomic mass is 10.1. The van der Waals surface area contributed by atoms with Gasteiger partial charge in [0.15, 0.2) is 11.4 Å². The van der Waals surface area contributed by atoms with Gasteiger partial charge in [-0.25, -0.2) is 9.50 Å². The SMILES string of the molecule is COc1ccc(-c2nn3ccnc(Cl)c3c2C=O)cc1. The second-order valence-corrected chi connectivity index (χ2v) is 4.48. The summed E-state index contributed by atoms with van der Waals surface area (Å²) in [6.07, 6.45) is 3.94. The summed E-state index contributed by atoms with van der Waals surface area (Å²) in [6.45, 7) is 0. The smallest absolute Gasteiger partial charge is 0.155 e. The molecule has 0 atom stereocenters. The van der Waals surface area contributed by atoms with E-state index in [9.17, 15) is 4.79 Å². The lowest BCUT2D eigenvalue weighted by molar-refractivity contribution is 0.112. The van der Waals surface area contributed by atoms with E-state index in [0.29, 0.717) is 16.8 Å².